The number of hydrogen-bond acceptors (Lipinski definition) is 5. The molecule has 8 nitrogen and oxygen atoms in total. The number of aromatic nitrogens is 2. The summed E-state index contributed by atoms with van der Waals surface area (Å²) in [6.07, 6.45) is 7.26. The molecule has 0 bridgehead atoms. The van der Waals surface area contributed by atoms with E-state index in [1.165, 1.54) is 5.56 Å². The summed E-state index contributed by atoms with van der Waals surface area (Å²) in [7, 11) is 3.12. The molecule has 3 aromatic rings. The standard InChI is InChI=1S/C30H37N3O5/c1-5-7-8-15-33-18-26(29(34)32-25-17-21(37-3)11-14-27(25)38-4)31-28(33)20-10-12-23-19(16-20)9-13-24(23)22(6-2)30(35)36/h10-12,14,16-18,22,24H,5-9,13,15H2,1-4H3,(H,32,34)(H,35,36). The van der Waals surface area contributed by atoms with Gasteiger partial charge in [0.2, 0.25) is 0 Å². The van der Waals surface area contributed by atoms with Crippen LogP contribution in [0.2, 0.25) is 0 Å². The number of methoxy groups -OCH3 is 2. The van der Waals surface area contributed by atoms with Gasteiger partial charge in [0.15, 0.2) is 0 Å². The van der Waals surface area contributed by atoms with Crippen LogP contribution in [0.4, 0.5) is 5.69 Å². The van der Waals surface area contributed by atoms with Gasteiger partial charge >= 0.3 is 5.97 Å². The van der Waals surface area contributed by atoms with Crippen molar-refractivity contribution < 1.29 is 24.2 Å². The molecule has 1 amide bonds. The van der Waals surface area contributed by atoms with E-state index in [0.29, 0.717) is 29.3 Å². The fourth-order valence-corrected chi connectivity index (χ4v) is 5.40. The molecule has 1 aliphatic carbocycles. The van der Waals surface area contributed by atoms with E-state index in [2.05, 4.69) is 24.4 Å². The second kappa shape index (κ2) is 12.2. The van der Waals surface area contributed by atoms with E-state index in [4.69, 9.17) is 14.5 Å². The van der Waals surface area contributed by atoms with E-state index >= 15 is 0 Å². The average Bonchev–Trinajstić information content (AvgIpc) is 3.53. The van der Waals surface area contributed by atoms with Crippen molar-refractivity contribution in [2.75, 3.05) is 19.5 Å². The van der Waals surface area contributed by atoms with Gasteiger partial charge in [-0.1, -0.05) is 38.8 Å². The number of ether oxygens (including phenoxy) is 2. The summed E-state index contributed by atoms with van der Waals surface area (Å²) in [4.78, 5) is 29.8. The van der Waals surface area contributed by atoms with Crippen LogP contribution in [0.15, 0.2) is 42.6 Å². The molecular formula is C30H37N3O5. The molecule has 0 radical (unpaired) electrons. The fourth-order valence-electron chi connectivity index (χ4n) is 5.40. The first-order valence-corrected chi connectivity index (χ1v) is 13.4. The number of hydrogen-bond donors (Lipinski definition) is 2. The lowest BCUT2D eigenvalue weighted by Gasteiger charge is -2.19. The minimum atomic E-state index is -0.732. The van der Waals surface area contributed by atoms with Gasteiger partial charge < -0.3 is 24.5 Å². The summed E-state index contributed by atoms with van der Waals surface area (Å²) in [5, 5.41) is 12.6. The molecule has 202 valence electrons. The molecule has 1 aliphatic rings. The maximum absolute atomic E-state index is 13.3. The summed E-state index contributed by atoms with van der Waals surface area (Å²) in [6, 6.07) is 11.4. The van der Waals surface area contributed by atoms with Crippen molar-refractivity contribution in [1.29, 1.82) is 0 Å². The third-order valence-corrected chi connectivity index (χ3v) is 7.43. The third kappa shape index (κ3) is 5.69. The molecule has 2 N–H and O–H groups in total. The van der Waals surface area contributed by atoms with E-state index in [-0.39, 0.29) is 17.7 Å². The number of aliphatic carboxylic acids is 1. The second-order valence-corrected chi connectivity index (χ2v) is 9.78. The number of aryl methyl sites for hydroxylation is 2. The lowest BCUT2D eigenvalue weighted by molar-refractivity contribution is -0.142. The van der Waals surface area contributed by atoms with Gasteiger partial charge in [-0.05, 0) is 60.9 Å². The molecule has 2 atom stereocenters. The van der Waals surface area contributed by atoms with Crippen molar-refractivity contribution in [3.05, 3.63) is 59.4 Å². The van der Waals surface area contributed by atoms with Crippen molar-refractivity contribution in [2.24, 2.45) is 5.92 Å². The van der Waals surface area contributed by atoms with Crippen LogP contribution in [0, 0.1) is 5.92 Å². The highest BCUT2D eigenvalue weighted by molar-refractivity contribution is 6.04. The maximum atomic E-state index is 13.3. The van der Waals surface area contributed by atoms with Crippen LogP contribution in [-0.2, 0) is 17.8 Å². The quantitative estimate of drug-likeness (QED) is 0.278. The first kappa shape index (κ1) is 27.2. The number of carbonyl (C=O) groups excluding carboxylic acids is 1. The number of nitrogens with one attached hydrogen (secondary N) is 1. The number of carboxylic acids is 1. The second-order valence-electron chi connectivity index (χ2n) is 9.78. The number of nitrogens with zero attached hydrogens (tertiary/aromatic N) is 2. The molecule has 0 aliphatic heterocycles. The van der Waals surface area contributed by atoms with Crippen LogP contribution in [0.5, 0.6) is 11.5 Å². The van der Waals surface area contributed by atoms with Gasteiger partial charge in [0.05, 0.1) is 25.8 Å². The van der Waals surface area contributed by atoms with Crippen LogP contribution in [0.1, 0.15) is 73.5 Å². The summed E-state index contributed by atoms with van der Waals surface area (Å²) in [5.41, 5.74) is 4.04. The predicted octanol–water partition coefficient (Wildman–Crippen LogP) is 6.15. The van der Waals surface area contributed by atoms with Gasteiger partial charge in [0, 0.05) is 24.4 Å². The monoisotopic (exact) mass is 519 g/mol. The molecule has 0 saturated heterocycles. The Hall–Kier alpha value is -3.81. The lowest BCUT2D eigenvalue weighted by atomic mass is 9.85. The molecule has 1 heterocycles. The van der Waals surface area contributed by atoms with Crippen LogP contribution in [0.25, 0.3) is 11.4 Å². The molecule has 1 aromatic heterocycles. The number of unbranched alkanes of at least 4 members (excludes halogenated alkanes) is 2. The Balaban J connectivity index is 1.65. The van der Waals surface area contributed by atoms with E-state index in [1.807, 2.05) is 17.6 Å². The lowest BCUT2D eigenvalue weighted by Crippen LogP contribution is -2.19. The number of benzene rings is 2. The van der Waals surface area contributed by atoms with Crippen LogP contribution in [0.3, 0.4) is 0 Å². The Labute approximate surface area is 224 Å². The van der Waals surface area contributed by atoms with Gasteiger partial charge in [-0.2, -0.15) is 0 Å². The number of fused-ring (bicyclic) bond motifs is 1. The Morgan fingerprint density at radius 1 is 1.13 bits per heavy atom. The molecule has 0 fully saturated rings. The summed E-state index contributed by atoms with van der Waals surface area (Å²) >= 11 is 0. The maximum Gasteiger partial charge on any atom is 0.307 e. The Bertz CT molecular complexity index is 1300. The topological polar surface area (TPSA) is 103 Å². The molecule has 8 heteroatoms. The highest BCUT2D eigenvalue weighted by Crippen LogP contribution is 2.41. The zero-order chi connectivity index (χ0) is 27.2. The van der Waals surface area contributed by atoms with Crippen LogP contribution in [-0.4, -0.2) is 40.8 Å². The van der Waals surface area contributed by atoms with Gasteiger partial charge in [-0.3, -0.25) is 9.59 Å². The molecule has 0 saturated carbocycles. The normalized spacial score (nSPS) is 15.1. The number of rotatable bonds is 12. The zero-order valence-corrected chi connectivity index (χ0v) is 22.6. The molecule has 2 unspecified atom stereocenters. The third-order valence-electron chi connectivity index (χ3n) is 7.43. The van der Waals surface area contributed by atoms with E-state index in [0.717, 1.165) is 55.6 Å². The highest BCUT2D eigenvalue weighted by atomic mass is 16.5. The molecule has 4 rings (SSSR count). The van der Waals surface area contributed by atoms with Crippen molar-refractivity contribution >= 4 is 17.6 Å². The molecule has 2 aromatic carbocycles. The predicted molar refractivity (Wildman–Crippen MR) is 147 cm³/mol. The Morgan fingerprint density at radius 3 is 2.63 bits per heavy atom. The van der Waals surface area contributed by atoms with Crippen molar-refractivity contribution in [1.82, 2.24) is 9.55 Å². The van der Waals surface area contributed by atoms with E-state index in [1.54, 1.807) is 38.6 Å². The molecule has 0 spiro atoms. The minimum absolute atomic E-state index is 0.0324. The smallest absolute Gasteiger partial charge is 0.307 e. The van der Waals surface area contributed by atoms with E-state index in [9.17, 15) is 14.7 Å². The summed E-state index contributed by atoms with van der Waals surface area (Å²) in [6.45, 7) is 4.85. The average molecular weight is 520 g/mol. The number of carboxylic acid groups (broad SMARTS) is 1. The van der Waals surface area contributed by atoms with Gasteiger partial charge in [0.1, 0.15) is 23.0 Å². The number of anilines is 1. The largest absolute Gasteiger partial charge is 0.497 e. The van der Waals surface area contributed by atoms with Gasteiger partial charge in [-0.25, -0.2) is 4.98 Å². The summed E-state index contributed by atoms with van der Waals surface area (Å²) in [5.74, 6) is 0.468. The van der Waals surface area contributed by atoms with Gasteiger partial charge in [-0.15, -0.1) is 0 Å². The van der Waals surface area contributed by atoms with Crippen LogP contribution >= 0.6 is 0 Å². The summed E-state index contributed by atoms with van der Waals surface area (Å²) < 4.78 is 12.8. The van der Waals surface area contributed by atoms with Crippen molar-refractivity contribution in [2.45, 2.75) is 64.8 Å². The fraction of sp³-hybridized carbons (Fsp3) is 0.433. The van der Waals surface area contributed by atoms with Crippen molar-refractivity contribution in [3.63, 3.8) is 0 Å². The number of carbonyl (C=O) groups is 2. The Kier molecular flexibility index (Phi) is 8.71. The zero-order valence-electron chi connectivity index (χ0n) is 22.6. The van der Waals surface area contributed by atoms with E-state index < -0.39 is 5.97 Å². The minimum Gasteiger partial charge on any atom is -0.497 e. The molecular weight excluding hydrogens is 482 g/mol. The van der Waals surface area contributed by atoms with Gasteiger partial charge in [0.25, 0.3) is 5.91 Å². The van der Waals surface area contributed by atoms with Crippen molar-refractivity contribution in [3.8, 4) is 22.9 Å². The number of imidazole rings is 1. The first-order valence-electron chi connectivity index (χ1n) is 13.4. The Morgan fingerprint density at radius 2 is 1.95 bits per heavy atom. The highest BCUT2D eigenvalue weighted by Gasteiger charge is 2.33. The first-order chi connectivity index (χ1) is 18.4. The number of amides is 1. The SMILES string of the molecule is CCCCCn1cc(C(=O)Nc2cc(OC)ccc2OC)nc1-c1ccc2c(c1)CCC2C(CC)C(=O)O. The van der Waals surface area contributed by atoms with Crippen LogP contribution < -0.4 is 14.8 Å². The molecule has 38 heavy (non-hydrogen) atoms.